The molecule has 106 valence electrons. The third-order valence-corrected chi connectivity index (χ3v) is 6.38. The zero-order valence-corrected chi connectivity index (χ0v) is 12.4. The molecule has 0 unspecified atom stereocenters. The largest absolute Gasteiger partial charge is 0.469 e. The van der Waals surface area contributed by atoms with E-state index in [0.717, 1.165) is 25.7 Å². The van der Waals surface area contributed by atoms with Crippen LogP contribution in [0.15, 0.2) is 0 Å². The van der Waals surface area contributed by atoms with E-state index in [4.69, 9.17) is 4.74 Å². The molecular weight excluding hydrogens is 240 g/mol. The van der Waals surface area contributed by atoms with Gasteiger partial charge in [-0.15, -0.1) is 0 Å². The Hall–Kier alpha value is -0.860. The quantitative estimate of drug-likeness (QED) is 0.684. The summed E-state index contributed by atoms with van der Waals surface area (Å²) in [5, 5.41) is 0. The molecule has 3 aliphatic rings. The minimum atomic E-state index is -0.206. The van der Waals surface area contributed by atoms with Gasteiger partial charge in [0.2, 0.25) is 0 Å². The summed E-state index contributed by atoms with van der Waals surface area (Å²) in [5.41, 5.74) is -0.123. The molecule has 0 aromatic carbocycles. The van der Waals surface area contributed by atoms with E-state index in [1.165, 1.54) is 7.11 Å². The highest BCUT2D eigenvalue weighted by Crippen LogP contribution is 2.71. The Balaban J connectivity index is 2.03. The Labute approximate surface area is 115 Å². The Morgan fingerprint density at radius 2 is 2.00 bits per heavy atom. The standard InChI is InChI=1S/C16H24O3/c1-9-5-6-11-10(14(18)19-4)7-12-13(17)15(2,3)8-16(9,11)12/h9-12H,5-8H2,1-4H3/t9-,10+,11-,12+,16-/m0/s1. The van der Waals surface area contributed by atoms with Crippen LogP contribution in [0.3, 0.4) is 0 Å². The van der Waals surface area contributed by atoms with Crippen LogP contribution in [0, 0.1) is 34.5 Å². The van der Waals surface area contributed by atoms with Crippen molar-refractivity contribution in [2.24, 2.45) is 34.5 Å². The summed E-state index contributed by atoms with van der Waals surface area (Å²) >= 11 is 0. The van der Waals surface area contributed by atoms with Crippen molar-refractivity contribution in [2.45, 2.75) is 46.5 Å². The maximum absolute atomic E-state index is 12.7. The lowest BCUT2D eigenvalue weighted by Gasteiger charge is -2.35. The summed E-state index contributed by atoms with van der Waals surface area (Å²) in [6, 6.07) is 0. The first-order chi connectivity index (χ1) is 8.84. The van der Waals surface area contributed by atoms with Crippen LogP contribution in [0.1, 0.15) is 46.5 Å². The van der Waals surface area contributed by atoms with Crippen molar-refractivity contribution in [1.82, 2.24) is 0 Å². The molecule has 3 nitrogen and oxygen atoms in total. The molecule has 3 rings (SSSR count). The van der Waals surface area contributed by atoms with Crippen molar-refractivity contribution in [3.63, 3.8) is 0 Å². The van der Waals surface area contributed by atoms with Crippen molar-refractivity contribution in [3.05, 3.63) is 0 Å². The van der Waals surface area contributed by atoms with Crippen LogP contribution in [0.25, 0.3) is 0 Å². The van der Waals surface area contributed by atoms with E-state index in [-0.39, 0.29) is 28.6 Å². The number of ether oxygens (including phenoxy) is 1. The third-order valence-electron chi connectivity index (χ3n) is 6.38. The zero-order valence-electron chi connectivity index (χ0n) is 12.4. The Morgan fingerprint density at radius 3 is 2.63 bits per heavy atom. The van der Waals surface area contributed by atoms with Gasteiger partial charge in [0.05, 0.1) is 13.0 Å². The Bertz CT molecular complexity index is 439. The normalized spacial score (nSPS) is 47.1. The Morgan fingerprint density at radius 1 is 1.32 bits per heavy atom. The van der Waals surface area contributed by atoms with Gasteiger partial charge in [-0.3, -0.25) is 9.59 Å². The Kier molecular flexibility index (Phi) is 2.65. The summed E-state index contributed by atoms with van der Waals surface area (Å²) in [5.74, 6) is 1.26. The van der Waals surface area contributed by atoms with Crippen LogP contribution in [-0.2, 0) is 14.3 Å². The minimum Gasteiger partial charge on any atom is -0.469 e. The second-order valence-corrected chi connectivity index (χ2v) is 7.54. The maximum Gasteiger partial charge on any atom is 0.308 e. The van der Waals surface area contributed by atoms with Crippen molar-refractivity contribution in [2.75, 3.05) is 7.11 Å². The fourth-order valence-corrected chi connectivity index (χ4v) is 5.66. The zero-order chi connectivity index (χ0) is 14.0. The van der Waals surface area contributed by atoms with E-state index in [9.17, 15) is 9.59 Å². The van der Waals surface area contributed by atoms with Gasteiger partial charge in [0.25, 0.3) is 0 Å². The number of carbonyl (C=O) groups is 2. The number of hydrogen-bond acceptors (Lipinski definition) is 3. The summed E-state index contributed by atoms with van der Waals surface area (Å²) < 4.78 is 4.98. The molecule has 3 heteroatoms. The van der Waals surface area contributed by atoms with Crippen LogP contribution in [-0.4, -0.2) is 18.9 Å². The summed E-state index contributed by atoms with van der Waals surface area (Å²) in [4.78, 5) is 24.7. The number of ketones is 1. The number of carbonyl (C=O) groups excluding carboxylic acids is 2. The van der Waals surface area contributed by atoms with Crippen LogP contribution < -0.4 is 0 Å². The number of rotatable bonds is 1. The fourth-order valence-electron chi connectivity index (χ4n) is 5.66. The minimum absolute atomic E-state index is 0.0417. The molecule has 3 aliphatic carbocycles. The lowest BCUT2D eigenvalue weighted by Crippen LogP contribution is -2.33. The molecule has 1 spiro atoms. The van der Waals surface area contributed by atoms with E-state index < -0.39 is 0 Å². The molecule has 0 heterocycles. The molecule has 0 aliphatic heterocycles. The highest BCUT2D eigenvalue weighted by atomic mass is 16.5. The summed E-state index contributed by atoms with van der Waals surface area (Å²) in [6.07, 6.45) is 3.92. The molecule has 0 amide bonds. The molecule has 19 heavy (non-hydrogen) atoms. The second kappa shape index (κ2) is 3.83. The first kappa shape index (κ1) is 13.1. The van der Waals surface area contributed by atoms with Gasteiger partial charge in [-0.05, 0) is 42.9 Å². The van der Waals surface area contributed by atoms with Gasteiger partial charge in [0, 0.05) is 11.3 Å². The molecule has 3 saturated carbocycles. The first-order valence-corrected chi connectivity index (χ1v) is 7.46. The van der Waals surface area contributed by atoms with E-state index in [1.54, 1.807) is 0 Å². The first-order valence-electron chi connectivity index (χ1n) is 7.46. The van der Waals surface area contributed by atoms with Gasteiger partial charge in [-0.25, -0.2) is 0 Å². The molecule has 0 radical (unpaired) electrons. The number of Topliss-reactive ketones (excluding diaryl/α,β-unsaturated/α-hetero) is 1. The second-order valence-electron chi connectivity index (χ2n) is 7.54. The molecule has 0 bridgehead atoms. The lowest BCUT2D eigenvalue weighted by atomic mass is 9.68. The van der Waals surface area contributed by atoms with E-state index in [1.807, 2.05) is 0 Å². The van der Waals surface area contributed by atoms with E-state index in [2.05, 4.69) is 20.8 Å². The van der Waals surface area contributed by atoms with Crippen molar-refractivity contribution >= 4 is 11.8 Å². The van der Waals surface area contributed by atoms with Crippen molar-refractivity contribution in [1.29, 1.82) is 0 Å². The smallest absolute Gasteiger partial charge is 0.308 e. The number of esters is 1. The van der Waals surface area contributed by atoms with Gasteiger partial charge >= 0.3 is 5.97 Å². The average Bonchev–Trinajstić information content (AvgIpc) is 2.89. The van der Waals surface area contributed by atoms with Gasteiger partial charge in [-0.1, -0.05) is 20.8 Å². The third kappa shape index (κ3) is 1.45. The van der Waals surface area contributed by atoms with Gasteiger partial charge < -0.3 is 4.74 Å². The average molecular weight is 264 g/mol. The SMILES string of the molecule is COC(=O)[C@@H]1C[C@@H]2C(=O)C(C)(C)C[C@@]23[C@@H](C)CC[C@@H]13. The van der Waals surface area contributed by atoms with E-state index in [0.29, 0.717) is 17.6 Å². The molecule has 0 N–H and O–H groups in total. The number of hydrogen-bond donors (Lipinski definition) is 0. The fraction of sp³-hybridized carbons (Fsp3) is 0.875. The monoisotopic (exact) mass is 264 g/mol. The summed E-state index contributed by atoms with van der Waals surface area (Å²) in [7, 11) is 1.47. The van der Waals surface area contributed by atoms with Crippen LogP contribution in [0.5, 0.6) is 0 Å². The molecule has 0 aromatic heterocycles. The van der Waals surface area contributed by atoms with Crippen LogP contribution >= 0.6 is 0 Å². The van der Waals surface area contributed by atoms with Crippen molar-refractivity contribution < 1.29 is 14.3 Å². The molecule has 0 aromatic rings. The molecular formula is C16H24O3. The van der Waals surface area contributed by atoms with Crippen LogP contribution in [0.4, 0.5) is 0 Å². The van der Waals surface area contributed by atoms with Gasteiger partial charge in [0.1, 0.15) is 5.78 Å². The van der Waals surface area contributed by atoms with Crippen molar-refractivity contribution in [3.8, 4) is 0 Å². The topological polar surface area (TPSA) is 43.4 Å². The number of methoxy groups -OCH3 is 1. The molecule has 3 fully saturated rings. The van der Waals surface area contributed by atoms with E-state index >= 15 is 0 Å². The highest BCUT2D eigenvalue weighted by molar-refractivity contribution is 5.91. The molecule has 5 atom stereocenters. The van der Waals surface area contributed by atoms with Gasteiger partial charge in [0.15, 0.2) is 0 Å². The molecule has 0 saturated heterocycles. The summed E-state index contributed by atoms with van der Waals surface area (Å²) in [6.45, 7) is 6.44. The highest BCUT2D eigenvalue weighted by Gasteiger charge is 2.70. The van der Waals surface area contributed by atoms with Gasteiger partial charge in [-0.2, -0.15) is 0 Å². The predicted molar refractivity (Wildman–Crippen MR) is 71.3 cm³/mol. The maximum atomic E-state index is 12.7. The van der Waals surface area contributed by atoms with Crippen LogP contribution in [0.2, 0.25) is 0 Å². The lowest BCUT2D eigenvalue weighted by molar-refractivity contribution is -0.147. The predicted octanol–water partition coefficient (Wildman–Crippen LogP) is 2.83.